The third kappa shape index (κ3) is 5.64. The quantitative estimate of drug-likeness (QED) is 0.513. The molecule has 37 heavy (non-hydrogen) atoms. The highest BCUT2D eigenvalue weighted by Gasteiger charge is 2.43. The van der Waals surface area contributed by atoms with Crippen molar-refractivity contribution in [2.75, 3.05) is 25.0 Å². The first-order valence-electron chi connectivity index (χ1n) is 13.3. The van der Waals surface area contributed by atoms with Gasteiger partial charge in [0.05, 0.1) is 10.9 Å². The molecule has 2 aromatic rings. The number of likely N-dealkylation sites (tertiary alicyclic amines) is 1. The minimum Gasteiger partial charge on any atom is -0.441 e. The molecule has 0 saturated carbocycles. The maximum absolute atomic E-state index is 13.4. The van der Waals surface area contributed by atoms with E-state index in [-0.39, 0.29) is 40.9 Å². The van der Waals surface area contributed by atoms with Crippen molar-refractivity contribution in [1.82, 2.24) is 9.80 Å². The number of fused-ring (bicyclic) bond motifs is 1. The Hall–Kier alpha value is -3.00. The first kappa shape index (κ1) is 25.6. The number of ether oxygens (including phenoxy) is 1. The molecule has 2 fully saturated rings. The van der Waals surface area contributed by atoms with Crippen LogP contribution in [-0.2, 0) is 14.3 Å². The van der Waals surface area contributed by atoms with Crippen molar-refractivity contribution < 1.29 is 19.1 Å². The van der Waals surface area contributed by atoms with Crippen LogP contribution in [0.5, 0.6) is 0 Å². The van der Waals surface area contributed by atoms with Crippen LogP contribution >= 0.6 is 11.8 Å². The van der Waals surface area contributed by atoms with Crippen LogP contribution in [-0.4, -0.2) is 52.6 Å². The fraction of sp³-hybridized carbons (Fsp3) is 0.483. The molecule has 0 radical (unpaired) electrons. The van der Waals surface area contributed by atoms with E-state index in [4.69, 9.17) is 4.74 Å². The maximum atomic E-state index is 13.4. The topological polar surface area (TPSA) is 79.0 Å². The summed E-state index contributed by atoms with van der Waals surface area (Å²) in [6.07, 6.45) is 1.97. The van der Waals surface area contributed by atoms with Crippen molar-refractivity contribution >= 4 is 35.4 Å². The van der Waals surface area contributed by atoms with Gasteiger partial charge < -0.3 is 14.5 Å². The van der Waals surface area contributed by atoms with E-state index in [1.165, 1.54) is 0 Å². The van der Waals surface area contributed by atoms with Crippen molar-refractivity contribution in [2.24, 2.45) is 11.8 Å². The fourth-order valence-electron chi connectivity index (χ4n) is 5.49. The lowest BCUT2D eigenvalue weighted by Crippen LogP contribution is -2.43. The van der Waals surface area contributed by atoms with Crippen molar-refractivity contribution in [3.05, 3.63) is 65.7 Å². The number of cyclic esters (lactones) is 1. The number of piperidine rings is 1. The summed E-state index contributed by atoms with van der Waals surface area (Å²) in [4.78, 5) is 42.6. The lowest BCUT2D eigenvalue weighted by molar-refractivity contribution is -0.137. The van der Waals surface area contributed by atoms with Gasteiger partial charge in [0.15, 0.2) is 0 Å². The number of hydrogen-bond acceptors (Lipinski definition) is 5. The van der Waals surface area contributed by atoms with Crippen molar-refractivity contribution in [3.63, 3.8) is 0 Å². The van der Waals surface area contributed by atoms with Gasteiger partial charge in [-0.3, -0.25) is 14.9 Å². The van der Waals surface area contributed by atoms with Gasteiger partial charge in [-0.1, -0.05) is 62.4 Å². The predicted molar refractivity (Wildman–Crippen MR) is 145 cm³/mol. The smallest absolute Gasteiger partial charge is 0.412 e. The van der Waals surface area contributed by atoms with Crippen LogP contribution in [0.3, 0.4) is 0 Å². The lowest BCUT2D eigenvalue weighted by atomic mass is 9.86. The van der Waals surface area contributed by atoms with Crippen molar-refractivity contribution in [3.8, 4) is 0 Å². The summed E-state index contributed by atoms with van der Waals surface area (Å²) in [5.41, 5.74) is 2.90. The molecule has 0 aromatic heterocycles. The number of para-hydroxylation sites is 1. The Bertz CT molecular complexity index is 1130. The molecule has 196 valence electrons. The Morgan fingerprint density at radius 2 is 1.76 bits per heavy atom. The van der Waals surface area contributed by atoms with Crippen LogP contribution in [0.4, 0.5) is 10.5 Å². The summed E-state index contributed by atoms with van der Waals surface area (Å²) in [5.74, 6) is 0.764. The Kier molecular flexibility index (Phi) is 7.74. The molecule has 1 N–H and O–H groups in total. The number of amides is 3. The van der Waals surface area contributed by atoms with E-state index >= 15 is 0 Å². The average molecular weight is 522 g/mol. The Morgan fingerprint density at radius 1 is 1.05 bits per heavy atom. The molecule has 0 aliphatic carbocycles. The van der Waals surface area contributed by atoms with E-state index in [0.29, 0.717) is 25.6 Å². The van der Waals surface area contributed by atoms with E-state index in [1.54, 1.807) is 11.8 Å². The highest BCUT2D eigenvalue weighted by molar-refractivity contribution is 8.01. The van der Waals surface area contributed by atoms with Crippen LogP contribution in [0.1, 0.15) is 62.1 Å². The SMILES string of the molecule is CC(C)CCN1C(=O)C(CC(=O)N2CCC(C3OC(=O)Nc4ccccc43)CC2)SC1c1ccccc1. The number of nitrogens with one attached hydrogen (secondary N) is 1. The van der Waals surface area contributed by atoms with Gasteiger partial charge in [-0.05, 0) is 36.8 Å². The number of thioether (sulfide) groups is 1. The second kappa shape index (κ2) is 11.2. The first-order chi connectivity index (χ1) is 17.9. The monoisotopic (exact) mass is 521 g/mol. The van der Waals surface area contributed by atoms with E-state index in [9.17, 15) is 14.4 Å². The number of nitrogens with zero attached hydrogens (tertiary/aromatic N) is 2. The second-order valence-corrected chi connectivity index (χ2v) is 11.9. The number of hydrogen-bond donors (Lipinski definition) is 1. The zero-order chi connectivity index (χ0) is 25.9. The molecule has 8 heteroatoms. The van der Waals surface area contributed by atoms with E-state index in [1.807, 2.05) is 52.3 Å². The number of carbonyl (C=O) groups excluding carboxylic acids is 3. The third-order valence-corrected chi connectivity index (χ3v) is 9.07. The highest BCUT2D eigenvalue weighted by atomic mass is 32.2. The number of rotatable bonds is 7. The molecule has 3 aliphatic rings. The summed E-state index contributed by atoms with van der Waals surface area (Å²) in [6, 6.07) is 17.9. The molecule has 0 bridgehead atoms. The molecule has 3 heterocycles. The van der Waals surface area contributed by atoms with Gasteiger partial charge in [0.2, 0.25) is 11.8 Å². The molecular formula is C29H35N3O4S. The summed E-state index contributed by atoms with van der Waals surface area (Å²) >= 11 is 1.60. The van der Waals surface area contributed by atoms with E-state index < -0.39 is 6.09 Å². The first-order valence-corrected chi connectivity index (χ1v) is 14.2. The standard InChI is InChI=1S/C29H35N3O4S/c1-19(2)12-17-32-27(34)24(37-28(32)21-8-4-3-5-9-21)18-25(33)31-15-13-20(14-16-31)26-22-10-6-7-11-23(22)30-29(35)36-26/h3-11,19-20,24,26,28H,12-18H2,1-2H3,(H,30,35). The van der Waals surface area contributed by atoms with Crippen LogP contribution in [0.25, 0.3) is 0 Å². The summed E-state index contributed by atoms with van der Waals surface area (Å²) in [6.45, 7) is 6.25. The normalized spacial score (nSPS) is 24.1. The largest absolute Gasteiger partial charge is 0.441 e. The molecule has 3 aliphatic heterocycles. The van der Waals surface area contributed by atoms with Crippen molar-refractivity contribution in [2.45, 2.75) is 56.3 Å². The average Bonchev–Trinajstić information content (AvgIpc) is 3.22. The van der Waals surface area contributed by atoms with E-state index in [0.717, 1.165) is 36.1 Å². The van der Waals surface area contributed by atoms with Gasteiger partial charge >= 0.3 is 6.09 Å². The van der Waals surface area contributed by atoms with Gasteiger partial charge in [-0.25, -0.2) is 4.79 Å². The predicted octanol–water partition coefficient (Wildman–Crippen LogP) is 5.61. The summed E-state index contributed by atoms with van der Waals surface area (Å²) in [5, 5.41) is 2.36. The molecule has 3 amide bonds. The molecule has 7 nitrogen and oxygen atoms in total. The summed E-state index contributed by atoms with van der Waals surface area (Å²) < 4.78 is 5.67. The van der Waals surface area contributed by atoms with Crippen molar-refractivity contribution in [1.29, 1.82) is 0 Å². The van der Waals surface area contributed by atoms with E-state index in [2.05, 4.69) is 31.3 Å². The molecule has 2 saturated heterocycles. The summed E-state index contributed by atoms with van der Waals surface area (Å²) in [7, 11) is 0. The fourth-order valence-corrected chi connectivity index (χ4v) is 6.96. The van der Waals surface area contributed by atoms with Crippen LogP contribution < -0.4 is 5.32 Å². The maximum Gasteiger partial charge on any atom is 0.412 e. The number of anilines is 1. The Balaban J connectivity index is 1.21. The molecule has 5 rings (SSSR count). The zero-order valence-electron chi connectivity index (χ0n) is 21.5. The van der Waals surface area contributed by atoms with Gasteiger partial charge in [0.25, 0.3) is 0 Å². The third-order valence-electron chi connectivity index (χ3n) is 7.59. The molecule has 3 unspecified atom stereocenters. The van der Waals surface area contributed by atoms with Gasteiger partial charge in [-0.15, -0.1) is 11.8 Å². The minimum atomic E-state index is -0.422. The molecule has 3 atom stereocenters. The molecule has 2 aromatic carbocycles. The molecule has 0 spiro atoms. The number of benzene rings is 2. The van der Waals surface area contributed by atoms with Gasteiger partial charge in [0, 0.05) is 37.5 Å². The lowest BCUT2D eigenvalue weighted by Gasteiger charge is -2.38. The Morgan fingerprint density at radius 3 is 2.49 bits per heavy atom. The van der Waals surface area contributed by atoms with Crippen LogP contribution in [0.2, 0.25) is 0 Å². The van der Waals surface area contributed by atoms with Gasteiger partial charge in [-0.2, -0.15) is 0 Å². The zero-order valence-corrected chi connectivity index (χ0v) is 22.3. The van der Waals surface area contributed by atoms with Crippen LogP contribution in [0.15, 0.2) is 54.6 Å². The number of carbonyl (C=O) groups is 3. The Labute approximate surface area is 222 Å². The second-order valence-electron chi connectivity index (χ2n) is 10.6. The highest BCUT2D eigenvalue weighted by Crippen LogP contribution is 2.45. The van der Waals surface area contributed by atoms with Gasteiger partial charge in [0.1, 0.15) is 11.5 Å². The van der Waals surface area contributed by atoms with Crippen LogP contribution in [0, 0.1) is 11.8 Å². The minimum absolute atomic E-state index is 0.0320. The molecular weight excluding hydrogens is 486 g/mol.